The van der Waals surface area contributed by atoms with Crippen LogP contribution in [0.15, 0.2) is 72.8 Å². The van der Waals surface area contributed by atoms with E-state index in [9.17, 15) is 24.9 Å². The van der Waals surface area contributed by atoms with Crippen molar-refractivity contribution in [2.45, 2.75) is 23.9 Å². The molecular formula is C21H20O7. The van der Waals surface area contributed by atoms with E-state index in [2.05, 4.69) is 0 Å². The van der Waals surface area contributed by atoms with Gasteiger partial charge in [0.25, 0.3) is 0 Å². The van der Waals surface area contributed by atoms with E-state index in [4.69, 9.17) is 9.47 Å². The average molecular weight is 384 g/mol. The number of hydrogen-bond acceptors (Lipinski definition) is 7. The molecule has 1 aliphatic rings. The number of aliphatic hydroxyl groups excluding tert-OH is 2. The van der Waals surface area contributed by atoms with Gasteiger partial charge in [-0.3, -0.25) is 0 Å². The van der Waals surface area contributed by atoms with E-state index in [0.717, 1.165) is 0 Å². The lowest BCUT2D eigenvalue weighted by atomic mass is 9.83. The molecule has 0 heterocycles. The van der Waals surface area contributed by atoms with E-state index in [1.54, 1.807) is 48.5 Å². The van der Waals surface area contributed by atoms with Crippen molar-refractivity contribution in [1.82, 2.24) is 0 Å². The van der Waals surface area contributed by atoms with Crippen LogP contribution in [0.4, 0.5) is 0 Å². The number of carbonyl (C=O) groups excluding carboxylic acids is 2. The number of rotatable bonds is 5. The molecule has 3 rings (SSSR count). The maximum atomic E-state index is 12.2. The van der Waals surface area contributed by atoms with Gasteiger partial charge in [-0.25, -0.2) is 9.59 Å². The van der Waals surface area contributed by atoms with Crippen LogP contribution in [0, 0.1) is 0 Å². The Morgan fingerprint density at radius 1 is 0.857 bits per heavy atom. The Kier molecular flexibility index (Phi) is 5.89. The lowest BCUT2D eigenvalue weighted by Gasteiger charge is -2.40. The third-order valence-electron chi connectivity index (χ3n) is 4.52. The summed E-state index contributed by atoms with van der Waals surface area (Å²) in [4.78, 5) is 24.3. The predicted molar refractivity (Wildman–Crippen MR) is 98.5 cm³/mol. The summed E-state index contributed by atoms with van der Waals surface area (Å²) in [5, 5.41) is 31.4. The van der Waals surface area contributed by atoms with Gasteiger partial charge in [0.05, 0.1) is 11.1 Å². The number of esters is 2. The molecule has 0 amide bonds. The first kappa shape index (κ1) is 19.8. The van der Waals surface area contributed by atoms with Gasteiger partial charge in [0, 0.05) is 0 Å². The van der Waals surface area contributed by atoms with Gasteiger partial charge in [0.15, 0.2) is 5.60 Å². The first-order valence-corrected chi connectivity index (χ1v) is 8.67. The van der Waals surface area contributed by atoms with Crippen LogP contribution in [0.1, 0.15) is 20.7 Å². The minimum atomic E-state index is -2.24. The number of hydrogen-bond donors (Lipinski definition) is 3. The Hall–Kier alpha value is -3.00. The summed E-state index contributed by atoms with van der Waals surface area (Å²) < 4.78 is 10.3. The third kappa shape index (κ3) is 4.12. The second-order valence-corrected chi connectivity index (χ2v) is 6.44. The predicted octanol–water partition coefficient (Wildman–Crippen LogP) is 1.09. The van der Waals surface area contributed by atoms with Gasteiger partial charge in [-0.2, -0.15) is 0 Å². The number of ether oxygens (including phenoxy) is 2. The van der Waals surface area contributed by atoms with Crippen molar-refractivity contribution in [2.75, 3.05) is 6.61 Å². The fraction of sp³-hybridized carbons (Fsp3) is 0.238. The number of aliphatic hydroxyl groups is 3. The van der Waals surface area contributed by atoms with Crippen molar-refractivity contribution < 1.29 is 34.4 Å². The second-order valence-electron chi connectivity index (χ2n) is 6.44. The van der Waals surface area contributed by atoms with Crippen LogP contribution in [0.3, 0.4) is 0 Å². The van der Waals surface area contributed by atoms with Gasteiger partial charge >= 0.3 is 11.9 Å². The summed E-state index contributed by atoms with van der Waals surface area (Å²) in [5.41, 5.74) is -1.71. The Morgan fingerprint density at radius 2 is 1.39 bits per heavy atom. The fourth-order valence-corrected chi connectivity index (χ4v) is 2.83. The molecule has 3 N–H and O–H groups in total. The Labute approximate surface area is 161 Å². The smallest absolute Gasteiger partial charge is 0.338 e. The summed E-state index contributed by atoms with van der Waals surface area (Å²) in [7, 11) is 0. The molecule has 0 bridgehead atoms. The van der Waals surface area contributed by atoms with E-state index in [1.807, 2.05) is 0 Å². The summed E-state index contributed by atoms with van der Waals surface area (Å²) in [6, 6.07) is 16.2. The van der Waals surface area contributed by atoms with Crippen LogP contribution in [-0.2, 0) is 9.47 Å². The van der Waals surface area contributed by atoms with Crippen molar-refractivity contribution in [3.05, 3.63) is 83.9 Å². The van der Waals surface area contributed by atoms with Crippen molar-refractivity contribution >= 4 is 11.9 Å². The molecule has 0 radical (unpaired) electrons. The fourth-order valence-electron chi connectivity index (χ4n) is 2.83. The van der Waals surface area contributed by atoms with Gasteiger partial charge in [-0.05, 0) is 30.3 Å². The Balaban J connectivity index is 1.69. The van der Waals surface area contributed by atoms with Gasteiger partial charge in [-0.15, -0.1) is 0 Å². The van der Waals surface area contributed by atoms with Crippen molar-refractivity contribution in [3.8, 4) is 0 Å². The molecule has 0 saturated heterocycles. The Bertz CT molecular complexity index is 850. The van der Waals surface area contributed by atoms with E-state index < -0.39 is 42.5 Å². The third-order valence-corrected chi connectivity index (χ3v) is 4.52. The molecule has 0 unspecified atom stereocenters. The lowest BCUT2D eigenvalue weighted by Crippen LogP contribution is -2.61. The minimum absolute atomic E-state index is 0.258. The SMILES string of the molecule is O=C(OC[C@@]1(O)[C@@H](O)C=C[C@@H](OC(=O)c2ccccc2)[C@@H]1O)c1ccccc1. The molecule has 4 atom stereocenters. The topological polar surface area (TPSA) is 113 Å². The van der Waals surface area contributed by atoms with Crippen molar-refractivity contribution in [3.63, 3.8) is 0 Å². The van der Waals surface area contributed by atoms with Gasteiger partial charge in [0.2, 0.25) is 0 Å². The van der Waals surface area contributed by atoms with Crippen LogP contribution < -0.4 is 0 Å². The van der Waals surface area contributed by atoms with Crippen LogP contribution in [0.5, 0.6) is 0 Å². The minimum Gasteiger partial charge on any atom is -0.459 e. The summed E-state index contributed by atoms with van der Waals surface area (Å²) >= 11 is 0. The van der Waals surface area contributed by atoms with Crippen LogP contribution in [0.25, 0.3) is 0 Å². The molecule has 28 heavy (non-hydrogen) atoms. The van der Waals surface area contributed by atoms with E-state index >= 15 is 0 Å². The molecule has 2 aromatic rings. The molecule has 2 aromatic carbocycles. The highest BCUT2D eigenvalue weighted by atomic mass is 16.6. The molecule has 1 aliphatic carbocycles. The van der Waals surface area contributed by atoms with Gasteiger partial charge < -0.3 is 24.8 Å². The lowest BCUT2D eigenvalue weighted by molar-refractivity contribution is -0.183. The largest absolute Gasteiger partial charge is 0.459 e. The second kappa shape index (κ2) is 8.35. The normalized spacial score (nSPS) is 26.5. The Morgan fingerprint density at radius 3 is 1.96 bits per heavy atom. The maximum Gasteiger partial charge on any atom is 0.338 e. The van der Waals surface area contributed by atoms with Gasteiger partial charge in [-0.1, -0.05) is 42.5 Å². The molecular weight excluding hydrogens is 364 g/mol. The van der Waals surface area contributed by atoms with E-state index in [1.165, 1.54) is 24.3 Å². The first-order valence-electron chi connectivity index (χ1n) is 8.67. The molecule has 0 saturated carbocycles. The zero-order valence-electron chi connectivity index (χ0n) is 14.8. The molecule has 0 aliphatic heterocycles. The maximum absolute atomic E-state index is 12.2. The monoisotopic (exact) mass is 384 g/mol. The average Bonchev–Trinajstić information content (AvgIpc) is 2.74. The van der Waals surface area contributed by atoms with Crippen LogP contribution in [-0.4, -0.2) is 57.8 Å². The standard InChI is InChI=1S/C21H20O7/c22-17-12-11-16(28-20(25)15-9-5-2-6-10-15)18(23)21(17,26)13-27-19(24)14-7-3-1-4-8-14/h1-12,16-18,22-23,26H,13H2/t16-,17+,18+,21-/m1/s1. The molecule has 7 heteroatoms. The first-order chi connectivity index (χ1) is 13.4. The highest BCUT2D eigenvalue weighted by Gasteiger charge is 2.50. The zero-order valence-corrected chi connectivity index (χ0v) is 14.8. The summed E-state index contributed by atoms with van der Waals surface area (Å²) in [5.74, 6) is -1.42. The summed E-state index contributed by atoms with van der Waals surface area (Å²) in [6.07, 6.45) is -1.98. The van der Waals surface area contributed by atoms with E-state index in [0.29, 0.717) is 0 Å². The van der Waals surface area contributed by atoms with Crippen molar-refractivity contribution in [2.24, 2.45) is 0 Å². The van der Waals surface area contributed by atoms with Crippen LogP contribution in [0.2, 0.25) is 0 Å². The molecule has 146 valence electrons. The molecule has 7 nitrogen and oxygen atoms in total. The zero-order chi connectivity index (χ0) is 20.1. The molecule has 0 spiro atoms. The highest BCUT2D eigenvalue weighted by Crippen LogP contribution is 2.28. The van der Waals surface area contributed by atoms with Crippen molar-refractivity contribution in [1.29, 1.82) is 0 Å². The van der Waals surface area contributed by atoms with Crippen LogP contribution >= 0.6 is 0 Å². The van der Waals surface area contributed by atoms with Gasteiger partial charge in [0.1, 0.15) is 24.9 Å². The number of carbonyl (C=O) groups is 2. The number of benzene rings is 2. The molecule has 0 aromatic heterocycles. The quantitative estimate of drug-likeness (QED) is 0.522. The summed E-state index contributed by atoms with van der Waals surface area (Å²) in [6.45, 7) is -0.688. The van der Waals surface area contributed by atoms with E-state index in [-0.39, 0.29) is 11.1 Å². The highest BCUT2D eigenvalue weighted by molar-refractivity contribution is 5.90. The molecule has 0 fully saturated rings.